The average molecular weight is 197 g/mol. The molecule has 0 spiro atoms. The van der Waals surface area contributed by atoms with E-state index in [2.05, 4.69) is 0 Å². The molecular formula is C10H13O2S+. The summed E-state index contributed by atoms with van der Waals surface area (Å²) in [4.78, 5) is 11.8. The van der Waals surface area contributed by atoms with Crippen molar-refractivity contribution in [3.05, 3.63) is 29.8 Å². The van der Waals surface area contributed by atoms with Crippen molar-refractivity contribution in [2.75, 3.05) is 12.5 Å². The summed E-state index contributed by atoms with van der Waals surface area (Å²) in [6.07, 6.45) is 3.30. The lowest BCUT2D eigenvalue weighted by Crippen LogP contribution is -2.10. The minimum absolute atomic E-state index is 0.0352. The second kappa shape index (κ2) is 3.42. The second-order valence-corrected chi connectivity index (χ2v) is 6.19. The molecule has 1 aromatic carbocycles. The number of hydrogen-bond donors (Lipinski definition) is 0. The number of Topliss-reactive ketones (excluding diaryl/α,β-unsaturated/α-hetero) is 1. The molecule has 0 bridgehead atoms. The highest BCUT2D eigenvalue weighted by Crippen LogP contribution is 2.19. The molecule has 0 aliphatic heterocycles. The Hall–Kier alpha value is -0.960. The van der Waals surface area contributed by atoms with Gasteiger partial charge >= 0.3 is 0 Å². The smallest absolute Gasteiger partial charge is 0.168 e. The Balaban J connectivity index is 3.37. The third-order valence-corrected chi connectivity index (χ3v) is 3.21. The summed E-state index contributed by atoms with van der Waals surface area (Å²) in [5.74, 6) is -0.0352. The van der Waals surface area contributed by atoms with E-state index in [9.17, 15) is 9.00 Å². The monoisotopic (exact) mass is 197 g/mol. The highest BCUT2D eigenvalue weighted by Gasteiger charge is 2.23. The van der Waals surface area contributed by atoms with Crippen LogP contribution in [0.3, 0.4) is 0 Å². The maximum Gasteiger partial charge on any atom is 0.168 e. The normalized spacial score (nSPS) is 11.3. The number of benzene rings is 1. The Morgan fingerprint density at radius 3 is 2.15 bits per heavy atom. The molecule has 1 rings (SSSR count). The highest BCUT2D eigenvalue weighted by atomic mass is 32.2. The minimum Gasteiger partial charge on any atom is -0.294 e. The quantitative estimate of drug-likeness (QED) is 0.537. The Morgan fingerprint density at radius 2 is 1.77 bits per heavy atom. The average Bonchev–Trinajstić information content (AvgIpc) is 2.03. The fourth-order valence-electron chi connectivity index (χ4n) is 1.19. The van der Waals surface area contributed by atoms with Gasteiger partial charge in [-0.05, 0) is 19.1 Å². The van der Waals surface area contributed by atoms with Crippen LogP contribution in [0.25, 0.3) is 0 Å². The van der Waals surface area contributed by atoms with E-state index in [0.717, 1.165) is 0 Å². The lowest BCUT2D eigenvalue weighted by molar-refractivity contribution is 0.101. The summed E-state index contributed by atoms with van der Waals surface area (Å²) in [6, 6.07) is 7.04. The Kier molecular flexibility index (Phi) is 2.66. The van der Waals surface area contributed by atoms with E-state index < -0.39 is 9.93 Å². The zero-order valence-electron chi connectivity index (χ0n) is 8.03. The van der Waals surface area contributed by atoms with Crippen LogP contribution in [0.5, 0.6) is 0 Å². The van der Waals surface area contributed by atoms with Crippen molar-refractivity contribution < 1.29 is 9.00 Å². The molecule has 0 unspecified atom stereocenters. The predicted octanol–water partition coefficient (Wildman–Crippen LogP) is 2.01. The molecule has 0 N–H and O–H groups in total. The first-order valence-electron chi connectivity index (χ1n) is 3.97. The zero-order valence-corrected chi connectivity index (χ0v) is 8.85. The Bertz CT molecular complexity index is 376. The first kappa shape index (κ1) is 10.1. The van der Waals surface area contributed by atoms with Gasteiger partial charge in [0.2, 0.25) is 0 Å². The lowest BCUT2D eigenvalue weighted by Gasteiger charge is -2.04. The van der Waals surface area contributed by atoms with Crippen molar-refractivity contribution in [2.24, 2.45) is 0 Å². The van der Waals surface area contributed by atoms with Crippen LogP contribution in [0, 0.1) is 0 Å². The first-order valence-corrected chi connectivity index (χ1v) is 6.34. The molecule has 0 amide bonds. The molecule has 2 nitrogen and oxygen atoms in total. The number of carbonyl (C=O) groups excluding carboxylic acids is 1. The third kappa shape index (κ3) is 2.25. The van der Waals surface area contributed by atoms with Crippen molar-refractivity contribution in [2.45, 2.75) is 11.8 Å². The topological polar surface area (TPSA) is 34.1 Å². The molecule has 0 saturated carbocycles. The van der Waals surface area contributed by atoms with Gasteiger partial charge in [-0.25, -0.2) is 0 Å². The summed E-state index contributed by atoms with van der Waals surface area (Å²) in [6.45, 7) is 1.49. The van der Waals surface area contributed by atoms with Crippen LogP contribution in [-0.2, 0) is 14.1 Å². The van der Waals surface area contributed by atoms with Gasteiger partial charge in [-0.1, -0.05) is 12.1 Å². The third-order valence-electron chi connectivity index (χ3n) is 1.80. The number of hydrogen-bond acceptors (Lipinski definition) is 2. The van der Waals surface area contributed by atoms with Gasteiger partial charge in [0.15, 0.2) is 10.7 Å². The zero-order chi connectivity index (χ0) is 10.1. The molecule has 3 heteroatoms. The molecule has 0 heterocycles. The van der Waals surface area contributed by atoms with Gasteiger partial charge in [-0.15, -0.1) is 4.21 Å². The van der Waals surface area contributed by atoms with Crippen LogP contribution in [0.2, 0.25) is 0 Å². The Labute approximate surface area is 79.4 Å². The fourth-order valence-corrected chi connectivity index (χ4v) is 2.33. The lowest BCUT2D eigenvalue weighted by atomic mass is 10.1. The maximum absolute atomic E-state index is 11.8. The molecule has 0 fully saturated rings. The van der Waals surface area contributed by atoms with Crippen LogP contribution in [0.1, 0.15) is 17.3 Å². The van der Waals surface area contributed by atoms with Gasteiger partial charge in [0, 0.05) is 0 Å². The van der Waals surface area contributed by atoms with E-state index in [1.807, 2.05) is 0 Å². The fraction of sp³-hybridized carbons (Fsp3) is 0.300. The van der Waals surface area contributed by atoms with Crippen molar-refractivity contribution in [1.29, 1.82) is 0 Å². The number of ketones is 1. The molecule has 0 aliphatic rings. The molecule has 1 aromatic rings. The van der Waals surface area contributed by atoms with Crippen LogP contribution in [0.4, 0.5) is 0 Å². The molecular weight excluding hydrogens is 184 g/mol. The first-order chi connectivity index (χ1) is 5.93. The van der Waals surface area contributed by atoms with Gasteiger partial charge in [-0.3, -0.25) is 4.79 Å². The standard InChI is InChI=1S/C10H13O2S/c1-8(11)9-6-4-5-7-10(9)13(2,3)12/h4-7H,1-3H3/q+1. The summed E-state index contributed by atoms with van der Waals surface area (Å²) in [5, 5.41) is 0. The largest absolute Gasteiger partial charge is 0.294 e. The number of carbonyl (C=O) groups is 1. The van der Waals surface area contributed by atoms with E-state index in [-0.39, 0.29) is 5.78 Å². The summed E-state index contributed by atoms with van der Waals surface area (Å²) >= 11 is 0. The van der Waals surface area contributed by atoms with Gasteiger partial charge in [-0.2, -0.15) is 0 Å². The van der Waals surface area contributed by atoms with Crippen LogP contribution >= 0.6 is 0 Å². The van der Waals surface area contributed by atoms with Gasteiger partial charge in [0.1, 0.15) is 22.4 Å². The molecule has 0 saturated heterocycles. The number of rotatable bonds is 2. The van der Waals surface area contributed by atoms with E-state index in [1.165, 1.54) is 6.92 Å². The molecule has 0 radical (unpaired) electrons. The maximum atomic E-state index is 11.8. The summed E-state index contributed by atoms with van der Waals surface area (Å²) in [7, 11) is -2.05. The molecule has 70 valence electrons. The highest BCUT2D eigenvalue weighted by molar-refractivity contribution is 8.01. The molecule has 0 aliphatic carbocycles. The minimum atomic E-state index is -2.05. The van der Waals surface area contributed by atoms with Crippen LogP contribution in [0.15, 0.2) is 29.2 Å². The predicted molar refractivity (Wildman–Crippen MR) is 54.6 cm³/mol. The molecule has 13 heavy (non-hydrogen) atoms. The van der Waals surface area contributed by atoms with Gasteiger partial charge < -0.3 is 0 Å². The molecule has 0 atom stereocenters. The van der Waals surface area contributed by atoms with Crippen molar-refractivity contribution in [3.8, 4) is 0 Å². The van der Waals surface area contributed by atoms with Crippen LogP contribution in [-0.4, -0.2) is 18.3 Å². The van der Waals surface area contributed by atoms with Crippen molar-refractivity contribution in [1.82, 2.24) is 0 Å². The van der Waals surface area contributed by atoms with E-state index in [1.54, 1.807) is 36.8 Å². The molecule has 0 aromatic heterocycles. The van der Waals surface area contributed by atoms with Crippen molar-refractivity contribution in [3.63, 3.8) is 0 Å². The van der Waals surface area contributed by atoms with E-state index in [0.29, 0.717) is 10.5 Å². The van der Waals surface area contributed by atoms with Gasteiger partial charge in [0.25, 0.3) is 0 Å². The second-order valence-electron chi connectivity index (χ2n) is 3.29. The van der Waals surface area contributed by atoms with Crippen molar-refractivity contribution >= 4 is 15.7 Å². The summed E-state index contributed by atoms with van der Waals surface area (Å²) < 4.78 is 11.8. The van der Waals surface area contributed by atoms with Crippen LogP contribution < -0.4 is 0 Å². The van der Waals surface area contributed by atoms with E-state index in [4.69, 9.17) is 0 Å². The Morgan fingerprint density at radius 1 is 1.23 bits per heavy atom. The summed E-state index contributed by atoms with van der Waals surface area (Å²) in [5.41, 5.74) is 0.567. The van der Waals surface area contributed by atoms with E-state index >= 15 is 0 Å². The SMILES string of the molecule is CC(=O)c1ccccc1[S+](C)(C)=O. The van der Waals surface area contributed by atoms with Gasteiger partial charge in [0.05, 0.1) is 5.56 Å².